The fourth-order valence-corrected chi connectivity index (χ4v) is 4.28. The Morgan fingerprint density at radius 2 is 1.76 bits per heavy atom. The van der Waals surface area contributed by atoms with Crippen LogP contribution in [0.3, 0.4) is 0 Å². The average Bonchev–Trinajstić information content (AvgIpc) is 3.48. The van der Waals surface area contributed by atoms with Crippen LogP contribution in [-0.2, 0) is 9.59 Å². The predicted octanol–water partition coefficient (Wildman–Crippen LogP) is 1.50. The molecule has 4 rings (SSSR count). The van der Waals surface area contributed by atoms with Crippen molar-refractivity contribution in [3.05, 3.63) is 18.1 Å². The molecule has 0 radical (unpaired) electrons. The van der Waals surface area contributed by atoms with Crippen LogP contribution in [0.2, 0.25) is 0 Å². The molecule has 0 bridgehead atoms. The first-order valence-electron chi connectivity index (χ1n) is 9.89. The standard InChI is InChI=1S/C19H25N5O4S/c1-14-15(4-11-27-14)18-20-21-19(28-18)29-13-17(26)24-9-7-22(8-10-24)12-16(25)23-5-2-3-6-23/h4,11H,2-3,5-10,12-13H2,1H3. The van der Waals surface area contributed by atoms with Gasteiger partial charge in [-0.15, -0.1) is 10.2 Å². The Morgan fingerprint density at radius 3 is 2.45 bits per heavy atom. The van der Waals surface area contributed by atoms with Crippen molar-refractivity contribution in [1.82, 2.24) is 24.9 Å². The first-order valence-corrected chi connectivity index (χ1v) is 10.9. The molecule has 0 saturated carbocycles. The molecule has 2 fully saturated rings. The first-order chi connectivity index (χ1) is 14.1. The van der Waals surface area contributed by atoms with Crippen LogP contribution in [0.5, 0.6) is 0 Å². The van der Waals surface area contributed by atoms with Crippen molar-refractivity contribution in [2.75, 3.05) is 51.6 Å². The first kappa shape index (κ1) is 20.0. The van der Waals surface area contributed by atoms with Crippen LogP contribution in [-0.4, -0.2) is 88.3 Å². The summed E-state index contributed by atoms with van der Waals surface area (Å²) in [5, 5.41) is 8.38. The van der Waals surface area contributed by atoms with Crippen LogP contribution in [0, 0.1) is 6.92 Å². The largest absolute Gasteiger partial charge is 0.469 e. The number of aryl methyl sites for hydroxylation is 1. The molecule has 0 N–H and O–H groups in total. The van der Waals surface area contributed by atoms with Gasteiger partial charge in [0.1, 0.15) is 5.76 Å². The summed E-state index contributed by atoms with van der Waals surface area (Å²) >= 11 is 1.24. The molecule has 2 amide bonds. The van der Waals surface area contributed by atoms with E-state index in [0.29, 0.717) is 36.5 Å². The van der Waals surface area contributed by atoms with Gasteiger partial charge in [-0.2, -0.15) is 0 Å². The SMILES string of the molecule is Cc1occc1-c1nnc(SCC(=O)N2CCN(CC(=O)N3CCCC3)CC2)o1. The molecule has 2 aromatic rings. The summed E-state index contributed by atoms with van der Waals surface area (Å²) in [6, 6.07) is 1.77. The third-order valence-corrected chi connectivity index (χ3v) is 6.16. The molecule has 2 aromatic heterocycles. The van der Waals surface area contributed by atoms with Crippen molar-refractivity contribution >= 4 is 23.6 Å². The number of carbonyl (C=O) groups is 2. The molecule has 2 aliphatic rings. The van der Waals surface area contributed by atoms with E-state index in [4.69, 9.17) is 8.83 Å². The highest BCUT2D eigenvalue weighted by atomic mass is 32.2. The third-order valence-electron chi connectivity index (χ3n) is 5.36. The Hall–Kier alpha value is -2.33. The second kappa shape index (κ2) is 9.00. The molecule has 0 spiro atoms. The van der Waals surface area contributed by atoms with Gasteiger partial charge in [0.25, 0.3) is 11.1 Å². The number of hydrogen-bond acceptors (Lipinski definition) is 8. The van der Waals surface area contributed by atoms with Crippen LogP contribution >= 0.6 is 11.8 Å². The van der Waals surface area contributed by atoms with E-state index in [1.165, 1.54) is 11.8 Å². The molecule has 0 aromatic carbocycles. The summed E-state index contributed by atoms with van der Waals surface area (Å²) in [5.74, 6) is 1.60. The Morgan fingerprint density at radius 1 is 1.03 bits per heavy atom. The number of thioether (sulfide) groups is 1. The normalized spacial score (nSPS) is 17.8. The number of likely N-dealkylation sites (tertiary alicyclic amines) is 1. The molecule has 4 heterocycles. The lowest BCUT2D eigenvalue weighted by atomic mass is 10.3. The maximum absolute atomic E-state index is 12.5. The maximum atomic E-state index is 12.5. The van der Waals surface area contributed by atoms with E-state index >= 15 is 0 Å². The van der Waals surface area contributed by atoms with Gasteiger partial charge < -0.3 is 18.6 Å². The van der Waals surface area contributed by atoms with Gasteiger partial charge in [0, 0.05) is 39.3 Å². The predicted molar refractivity (Wildman–Crippen MR) is 106 cm³/mol. The van der Waals surface area contributed by atoms with Crippen molar-refractivity contribution in [3.63, 3.8) is 0 Å². The third kappa shape index (κ3) is 4.81. The number of rotatable bonds is 6. The summed E-state index contributed by atoms with van der Waals surface area (Å²) in [7, 11) is 0. The number of amides is 2. The zero-order valence-corrected chi connectivity index (χ0v) is 17.3. The maximum Gasteiger partial charge on any atom is 0.277 e. The average molecular weight is 420 g/mol. The number of carbonyl (C=O) groups excluding carboxylic acids is 2. The van der Waals surface area contributed by atoms with E-state index in [2.05, 4.69) is 15.1 Å². The molecule has 10 heteroatoms. The van der Waals surface area contributed by atoms with Crippen molar-refractivity contribution < 1.29 is 18.4 Å². The summed E-state index contributed by atoms with van der Waals surface area (Å²) in [5.41, 5.74) is 0.760. The zero-order valence-electron chi connectivity index (χ0n) is 16.5. The molecule has 2 saturated heterocycles. The number of aromatic nitrogens is 2. The van der Waals surface area contributed by atoms with Gasteiger partial charge in [0.05, 0.1) is 24.1 Å². The fourth-order valence-electron chi connectivity index (χ4n) is 3.61. The van der Waals surface area contributed by atoms with E-state index in [0.717, 1.165) is 44.6 Å². The number of piperazine rings is 1. The zero-order chi connectivity index (χ0) is 20.2. The van der Waals surface area contributed by atoms with E-state index in [9.17, 15) is 9.59 Å². The van der Waals surface area contributed by atoms with Gasteiger partial charge in [0.2, 0.25) is 11.8 Å². The molecule has 0 atom stereocenters. The lowest BCUT2D eigenvalue weighted by Gasteiger charge is -2.34. The van der Waals surface area contributed by atoms with Crippen LogP contribution in [0.15, 0.2) is 26.4 Å². The molecule has 156 valence electrons. The minimum absolute atomic E-state index is 0.0414. The minimum atomic E-state index is 0.0414. The van der Waals surface area contributed by atoms with Crippen molar-refractivity contribution in [1.29, 1.82) is 0 Å². The number of nitrogens with zero attached hydrogens (tertiary/aromatic N) is 5. The molecule has 29 heavy (non-hydrogen) atoms. The lowest BCUT2D eigenvalue weighted by molar-refractivity contribution is -0.133. The molecule has 0 unspecified atom stereocenters. The topological polar surface area (TPSA) is 95.9 Å². The van der Waals surface area contributed by atoms with Crippen molar-refractivity contribution in [2.24, 2.45) is 0 Å². The molecule has 0 aliphatic carbocycles. The Balaban J connectivity index is 1.21. The highest BCUT2D eigenvalue weighted by Gasteiger charge is 2.25. The minimum Gasteiger partial charge on any atom is -0.469 e. The molecular weight excluding hydrogens is 394 g/mol. The van der Waals surface area contributed by atoms with Crippen LogP contribution in [0.25, 0.3) is 11.5 Å². The van der Waals surface area contributed by atoms with Gasteiger partial charge in [-0.1, -0.05) is 11.8 Å². The van der Waals surface area contributed by atoms with E-state index < -0.39 is 0 Å². The summed E-state index contributed by atoms with van der Waals surface area (Å²) in [6.45, 7) is 6.76. The quantitative estimate of drug-likeness (QED) is 0.650. The Bertz CT molecular complexity index is 852. The van der Waals surface area contributed by atoms with Crippen molar-refractivity contribution in [2.45, 2.75) is 25.0 Å². The number of furan rings is 1. The van der Waals surface area contributed by atoms with Crippen LogP contribution < -0.4 is 0 Å². The summed E-state index contributed by atoms with van der Waals surface area (Å²) in [6.07, 6.45) is 3.79. The van der Waals surface area contributed by atoms with Gasteiger partial charge >= 0.3 is 0 Å². The van der Waals surface area contributed by atoms with E-state index in [-0.39, 0.29) is 17.6 Å². The fraction of sp³-hybridized carbons (Fsp3) is 0.579. The second-order valence-corrected chi connectivity index (χ2v) is 8.22. The van der Waals surface area contributed by atoms with Crippen LogP contribution in [0.1, 0.15) is 18.6 Å². The van der Waals surface area contributed by atoms with E-state index in [1.54, 1.807) is 12.3 Å². The van der Waals surface area contributed by atoms with E-state index in [1.807, 2.05) is 16.7 Å². The van der Waals surface area contributed by atoms with Crippen molar-refractivity contribution in [3.8, 4) is 11.5 Å². The molecule has 9 nitrogen and oxygen atoms in total. The number of hydrogen-bond donors (Lipinski definition) is 0. The molecule has 2 aliphatic heterocycles. The van der Waals surface area contributed by atoms with Gasteiger partial charge in [-0.25, -0.2) is 0 Å². The Kier molecular flexibility index (Phi) is 6.19. The summed E-state index contributed by atoms with van der Waals surface area (Å²) in [4.78, 5) is 30.7. The highest BCUT2D eigenvalue weighted by molar-refractivity contribution is 7.99. The smallest absolute Gasteiger partial charge is 0.277 e. The second-order valence-electron chi connectivity index (χ2n) is 7.30. The monoisotopic (exact) mass is 419 g/mol. The van der Waals surface area contributed by atoms with Gasteiger partial charge in [0.15, 0.2) is 0 Å². The van der Waals surface area contributed by atoms with Gasteiger partial charge in [-0.3, -0.25) is 14.5 Å². The highest BCUT2D eigenvalue weighted by Crippen LogP contribution is 2.26. The van der Waals surface area contributed by atoms with Crippen LogP contribution in [0.4, 0.5) is 0 Å². The Labute approximate surface area is 173 Å². The van der Waals surface area contributed by atoms with Gasteiger partial charge in [-0.05, 0) is 25.8 Å². The molecular formula is C19H25N5O4S. The lowest BCUT2D eigenvalue weighted by Crippen LogP contribution is -2.51. The summed E-state index contributed by atoms with van der Waals surface area (Å²) < 4.78 is 10.9.